The van der Waals surface area contributed by atoms with Crippen LogP contribution in [-0.2, 0) is 32.5 Å². The first-order valence-corrected chi connectivity index (χ1v) is 12.5. The van der Waals surface area contributed by atoms with E-state index in [1.165, 1.54) is 24.1 Å². The molecule has 0 aromatic heterocycles. The Hall–Kier alpha value is -0.850. The minimum absolute atomic E-state index is 0. The van der Waals surface area contributed by atoms with E-state index in [0.717, 1.165) is 22.8 Å². The molecule has 4 rings (SSSR count). The molecule has 160 valence electrons. The molecule has 0 unspecified atom stereocenters. The molecular weight excluding hydrogens is 463 g/mol. The summed E-state index contributed by atoms with van der Waals surface area (Å²) in [7, 11) is -4.49. The van der Waals surface area contributed by atoms with E-state index in [4.69, 9.17) is 13.0 Å². The van der Waals surface area contributed by atoms with Crippen LogP contribution in [0.2, 0.25) is 0 Å². The summed E-state index contributed by atoms with van der Waals surface area (Å²) < 4.78 is 58.9. The topological polar surface area (TPSA) is 127 Å². The Bertz CT molecular complexity index is 1000. The second-order valence-electron chi connectivity index (χ2n) is 6.36. The molecule has 2 aliphatic rings. The van der Waals surface area contributed by atoms with Crippen LogP contribution in [0, 0.1) is 0 Å². The Kier molecular flexibility index (Phi) is 11.1. The van der Waals surface area contributed by atoms with Crippen molar-refractivity contribution in [2.75, 3.05) is 22.7 Å². The number of aryl methyl sites for hydroxylation is 2. The molecular formula is C18H22ClN2NaO6S2. The molecule has 8 nitrogen and oxygen atoms in total. The minimum atomic E-state index is -4.36. The van der Waals surface area contributed by atoms with Crippen molar-refractivity contribution in [2.45, 2.75) is 25.7 Å². The normalized spacial score (nSPS) is 14.8. The number of hydrogen-bond acceptors (Lipinski definition) is 6. The summed E-state index contributed by atoms with van der Waals surface area (Å²) in [6, 6.07) is 15.6. The quantitative estimate of drug-likeness (QED) is 0.331. The summed E-state index contributed by atoms with van der Waals surface area (Å²) in [5, 5.41) is 3.36. The predicted molar refractivity (Wildman–Crippen MR) is 112 cm³/mol. The molecule has 0 spiro atoms. The second kappa shape index (κ2) is 12.3. The van der Waals surface area contributed by atoms with Gasteiger partial charge in [0, 0.05) is 29.5 Å². The zero-order valence-electron chi connectivity index (χ0n) is 16.5. The summed E-state index contributed by atoms with van der Waals surface area (Å²) >= 11 is 0. The Balaban J connectivity index is 0.000000247. The van der Waals surface area contributed by atoms with Gasteiger partial charge in [0.15, 0.2) is 10.3 Å². The van der Waals surface area contributed by atoms with Crippen molar-refractivity contribution in [3.63, 3.8) is 0 Å². The van der Waals surface area contributed by atoms with Gasteiger partial charge in [-0.2, -0.15) is 8.42 Å². The summed E-state index contributed by atoms with van der Waals surface area (Å²) in [6.07, 6.45) is 4.06. The molecule has 0 fully saturated rings. The van der Waals surface area contributed by atoms with Crippen LogP contribution >= 0.6 is 10.7 Å². The molecule has 0 saturated carbocycles. The van der Waals surface area contributed by atoms with Gasteiger partial charge in [0.05, 0.1) is 5.69 Å². The Labute approximate surface area is 204 Å². The van der Waals surface area contributed by atoms with E-state index in [1.54, 1.807) is 12.1 Å². The molecule has 2 aromatic carbocycles. The van der Waals surface area contributed by atoms with Crippen molar-refractivity contribution in [1.82, 2.24) is 0 Å². The number of benzene rings is 2. The SMILES string of the molecule is O=S(=O)(O)Cl.O=S(=O)([O-])N1CCCc2ccccc21.[Na+].c1ccc2c(c1)CCCN2. The smallest absolute Gasteiger partial charge is 0.731 e. The van der Waals surface area contributed by atoms with E-state index < -0.39 is 19.6 Å². The van der Waals surface area contributed by atoms with Gasteiger partial charge in [-0.3, -0.25) is 8.86 Å². The fraction of sp³-hybridized carbons (Fsp3) is 0.333. The number of anilines is 2. The standard InChI is InChI=1S/C9H11NO3S.C9H11N.ClHO3S.Na/c11-14(12,13)10-7-3-5-8-4-1-2-6-9(8)10;1-2-6-9-8(4-1)5-3-7-10-9;1-5(2,3)4;/h1-2,4,6H,3,5,7H2,(H,11,12,13);1-2,4,6,10H,3,5,7H2;(H,2,3,4);/q;;;+1/p-1. The van der Waals surface area contributed by atoms with Crippen molar-refractivity contribution >= 4 is 41.7 Å². The average Bonchev–Trinajstić information content (AvgIpc) is 2.66. The van der Waals surface area contributed by atoms with Crippen LogP contribution in [0.3, 0.4) is 0 Å². The van der Waals surface area contributed by atoms with Crippen LogP contribution < -0.4 is 39.2 Å². The zero-order chi connectivity index (χ0) is 21.5. The van der Waals surface area contributed by atoms with E-state index in [0.29, 0.717) is 18.7 Å². The van der Waals surface area contributed by atoms with Crippen LogP contribution in [0.5, 0.6) is 0 Å². The van der Waals surface area contributed by atoms with Crippen LogP contribution in [0.15, 0.2) is 48.5 Å². The predicted octanol–water partition coefficient (Wildman–Crippen LogP) is -0.0239. The number of hydrogen-bond donors (Lipinski definition) is 2. The largest absolute Gasteiger partial charge is 1.00 e. The van der Waals surface area contributed by atoms with Gasteiger partial charge in [-0.15, -0.1) is 0 Å². The Morgan fingerprint density at radius 1 is 0.933 bits per heavy atom. The summed E-state index contributed by atoms with van der Waals surface area (Å²) in [4.78, 5) is 0. The van der Waals surface area contributed by atoms with E-state index in [-0.39, 0.29) is 29.6 Å². The van der Waals surface area contributed by atoms with E-state index >= 15 is 0 Å². The molecule has 30 heavy (non-hydrogen) atoms. The van der Waals surface area contributed by atoms with Crippen molar-refractivity contribution in [3.8, 4) is 0 Å². The first-order valence-electron chi connectivity index (χ1n) is 8.86. The second-order valence-corrected chi connectivity index (χ2v) is 9.65. The van der Waals surface area contributed by atoms with Gasteiger partial charge in [-0.25, -0.2) is 8.42 Å². The number of fused-ring (bicyclic) bond motifs is 2. The molecule has 2 aromatic rings. The minimum Gasteiger partial charge on any atom is -0.731 e. The molecule has 0 amide bonds. The average molecular weight is 485 g/mol. The Morgan fingerprint density at radius 2 is 1.47 bits per heavy atom. The maximum Gasteiger partial charge on any atom is 1.00 e. The van der Waals surface area contributed by atoms with E-state index in [2.05, 4.69) is 40.3 Å². The van der Waals surface area contributed by atoms with Gasteiger partial charge in [-0.05, 0) is 48.9 Å². The Morgan fingerprint density at radius 3 is 2.07 bits per heavy atom. The first-order chi connectivity index (χ1) is 13.6. The molecule has 12 heteroatoms. The van der Waals surface area contributed by atoms with Crippen LogP contribution in [0.1, 0.15) is 24.0 Å². The molecule has 0 atom stereocenters. The molecule has 2 N–H and O–H groups in total. The number of para-hydroxylation sites is 2. The number of halogens is 1. The van der Waals surface area contributed by atoms with Gasteiger partial charge in [0.2, 0.25) is 0 Å². The molecule has 0 saturated heterocycles. The first kappa shape index (κ1) is 27.2. The van der Waals surface area contributed by atoms with Crippen molar-refractivity contribution < 1.29 is 55.5 Å². The molecule has 0 radical (unpaired) electrons. The third kappa shape index (κ3) is 9.52. The fourth-order valence-electron chi connectivity index (χ4n) is 3.14. The molecule has 0 aliphatic carbocycles. The monoisotopic (exact) mass is 484 g/mol. The summed E-state index contributed by atoms with van der Waals surface area (Å²) in [6.45, 7) is 1.43. The zero-order valence-corrected chi connectivity index (χ0v) is 20.9. The van der Waals surface area contributed by atoms with Crippen molar-refractivity contribution in [3.05, 3.63) is 59.7 Å². The maximum atomic E-state index is 10.9. The number of nitrogens with zero attached hydrogens (tertiary/aromatic N) is 1. The van der Waals surface area contributed by atoms with Gasteiger partial charge in [0.25, 0.3) is 0 Å². The summed E-state index contributed by atoms with van der Waals surface area (Å²) in [5.41, 5.74) is 4.26. The van der Waals surface area contributed by atoms with Gasteiger partial charge < -0.3 is 9.87 Å². The van der Waals surface area contributed by atoms with Crippen LogP contribution in [0.4, 0.5) is 11.4 Å². The molecule has 2 aliphatic heterocycles. The van der Waals surface area contributed by atoms with Gasteiger partial charge >= 0.3 is 38.9 Å². The third-order valence-electron chi connectivity index (χ3n) is 4.29. The third-order valence-corrected chi connectivity index (χ3v) is 5.21. The van der Waals surface area contributed by atoms with Gasteiger partial charge in [0.1, 0.15) is 0 Å². The number of nitrogens with one attached hydrogen (secondary N) is 1. The van der Waals surface area contributed by atoms with Gasteiger partial charge in [-0.1, -0.05) is 36.4 Å². The van der Waals surface area contributed by atoms with E-state index in [9.17, 15) is 13.0 Å². The molecule has 2 heterocycles. The maximum absolute atomic E-state index is 10.9. The number of rotatable bonds is 1. The molecule has 0 bridgehead atoms. The fourth-order valence-corrected chi connectivity index (χ4v) is 3.92. The van der Waals surface area contributed by atoms with E-state index in [1.807, 2.05) is 12.1 Å². The van der Waals surface area contributed by atoms with Crippen molar-refractivity contribution in [2.24, 2.45) is 0 Å². The summed E-state index contributed by atoms with van der Waals surface area (Å²) in [5.74, 6) is 0. The van der Waals surface area contributed by atoms with Crippen molar-refractivity contribution in [1.29, 1.82) is 0 Å². The van der Waals surface area contributed by atoms with Crippen LogP contribution in [0.25, 0.3) is 0 Å². The van der Waals surface area contributed by atoms with Crippen LogP contribution in [-0.4, -0.2) is 39.0 Å².